The molecule has 26 heavy (non-hydrogen) atoms. The Labute approximate surface area is 160 Å². The van der Waals surface area contributed by atoms with E-state index in [2.05, 4.69) is 0 Å². The normalized spacial score (nSPS) is 19.5. The molecular formula is C20H27ClN2O3. The van der Waals surface area contributed by atoms with E-state index in [-0.39, 0.29) is 17.9 Å². The summed E-state index contributed by atoms with van der Waals surface area (Å²) in [5.41, 5.74) is 1.05. The summed E-state index contributed by atoms with van der Waals surface area (Å²) in [4.78, 5) is 28.8. The van der Waals surface area contributed by atoms with Crippen LogP contribution in [-0.2, 0) is 9.53 Å². The minimum absolute atomic E-state index is 0.107. The van der Waals surface area contributed by atoms with E-state index in [0.717, 1.165) is 18.4 Å². The molecule has 0 N–H and O–H groups in total. The van der Waals surface area contributed by atoms with Gasteiger partial charge in [0.15, 0.2) is 0 Å². The third kappa shape index (κ3) is 4.32. The average molecular weight is 379 g/mol. The third-order valence-corrected chi connectivity index (χ3v) is 5.74. The average Bonchev–Trinajstić information content (AvgIpc) is 3.18. The Balaban J connectivity index is 1.70. The third-order valence-electron chi connectivity index (χ3n) is 5.48. The van der Waals surface area contributed by atoms with E-state index in [0.29, 0.717) is 43.7 Å². The Kier molecular flexibility index (Phi) is 6.41. The molecule has 1 aliphatic heterocycles. The number of hydrogen-bond donors (Lipinski definition) is 0. The molecule has 0 spiro atoms. The summed E-state index contributed by atoms with van der Waals surface area (Å²) < 4.78 is 5.06. The van der Waals surface area contributed by atoms with Crippen LogP contribution in [0.25, 0.3) is 0 Å². The number of benzene rings is 1. The van der Waals surface area contributed by atoms with Gasteiger partial charge in [0.2, 0.25) is 5.91 Å². The van der Waals surface area contributed by atoms with Gasteiger partial charge in [-0.05, 0) is 43.4 Å². The fraction of sp³-hybridized carbons (Fsp3) is 0.600. The van der Waals surface area contributed by atoms with Crippen LogP contribution in [0, 0.1) is 5.92 Å². The summed E-state index contributed by atoms with van der Waals surface area (Å²) in [5.74, 6) is 0.471. The molecule has 2 aliphatic rings. The molecular weight excluding hydrogens is 352 g/mol. The lowest BCUT2D eigenvalue weighted by atomic mass is 9.83. The van der Waals surface area contributed by atoms with Gasteiger partial charge in [-0.2, -0.15) is 0 Å². The number of halogens is 1. The van der Waals surface area contributed by atoms with Crippen molar-refractivity contribution in [1.29, 1.82) is 0 Å². The van der Waals surface area contributed by atoms with E-state index in [4.69, 9.17) is 16.3 Å². The molecule has 1 heterocycles. The highest BCUT2D eigenvalue weighted by Gasteiger charge is 2.36. The molecule has 6 heteroatoms. The number of nitrogens with zero attached hydrogens (tertiary/aromatic N) is 2. The Morgan fingerprint density at radius 3 is 2.23 bits per heavy atom. The fourth-order valence-electron chi connectivity index (χ4n) is 4.10. The monoisotopic (exact) mass is 378 g/mol. The molecule has 2 amide bonds. The van der Waals surface area contributed by atoms with Crippen molar-refractivity contribution >= 4 is 23.6 Å². The van der Waals surface area contributed by atoms with Gasteiger partial charge >= 0.3 is 6.09 Å². The predicted molar refractivity (Wildman–Crippen MR) is 101 cm³/mol. The number of hydrogen-bond acceptors (Lipinski definition) is 3. The summed E-state index contributed by atoms with van der Waals surface area (Å²) in [5, 5.41) is 0.689. The second-order valence-electron chi connectivity index (χ2n) is 7.09. The van der Waals surface area contributed by atoms with E-state index in [1.165, 1.54) is 12.8 Å². The smallest absolute Gasteiger partial charge is 0.409 e. The van der Waals surface area contributed by atoms with E-state index in [1.54, 1.807) is 11.8 Å². The van der Waals surface area contributed by atoms with Crippen LogP contribution in [0.4, 0.5) is 4.79 Å². The van der Waals surface area contributed by atoms with E-state index >= 15 is 0 Å². The molecule has 1 aromatic rings. The molecule has 1 aromatic carbocycles. The van der Waals surface area contributed by atoms with Gasteiger partial charge in [0, 0.05) is 31.2 Å². The van der Waals surface area contributed by atoms with Crippen LogP contribution in [0.2, 0.25) is 5.02 Å². The first-order chi connectivity index (χ1) is 12.6. The first-order valence-corrected chi connectivity index (χ1v) is 9.94. The molecule has 2 fully saturated rings. The summed E-state index contributed by atoms with van der Waals surface area (Å²) in [6, 6.07) is 7.70. The maximum atomic E-state index is 13.3. The topological polar surface area (TPSA) is 49.9 Å². The van der Waals surface area contributed by atoms with Crippen molar-refractivity contribution in [3.63, 3.8) is 0 Å². The molecule has 1 saturated carbocycles. The van der Waals surface area contributed by atoms with Gasteiger partial charge in [-0.15, -0.1) is 0 Å². The summed E-state index contributed by atoms with van der Waals surface area (Å²) >= 11 is 6.03. The lowest BCUT2D eigenvalue weighted by Gasteiger charge is -2.37. The van der Waals surface area contributed by atoms with E-state index in [1.807, 2.05) is 29.2 Å². The summed E-state index contributed by atoms with van der Waals surface area (Å²) in [6.45, 7) is 4.36. The predicted octanol–water partition coefficient (Wildman–Crippen LogP) is 3.91. The van der Waals surface area contributed by atoms with Crippen molar-refractivity contribution in [2.24, 2.45) is 5.92 Å². The second kappa shape index (κ2) is 8.76. The van der Waals surface area contributed by atoms with Gasteiger partial charge in [0.1, 0.15) is 0 Å². The van der Waals surface area contributed by atoms with E-state index in [9.17, 15) is 9.59 Å². The summed E-state index contributed by atoms with van der Waals surface area (Å²) in [7, 11) is 0. The van der Waals surface area contributed by atoms with Crippen LogP contribution in [0.5, 0.6) is 0 Å². The second-order valence-corrected chi connectivity index (χ2v) is 7.52. The van der Waals surface area contributed by atoms with Gasteiger partial charge in [-0.1, -0.05) is 36.6 Å². The molecule has 3 rings (SSSR count). The van der Waals surface area contributed by atoms with Crippen LogP contribution in [-0.4, -0.2) is 54.6 Å². The minimum atomic E-state index is -0.287. The van der Waals surface area contributed by atoms with Gasteiger partial charge in [-0.3, -0.25) is 4.79 Å². The highest BCUT2D eigenvalue weighted by molar-refractivity contribution is 6.30. The van der Waals surface area contributed by atoms with Gasteiger partial charge in [-0.25, -0.2) is 4.79 Å². The Bertz CT molecular complexity index is 620. The zero-order valence-corrected chi connectivity index (χ0v) is 16.1. The number of carbonyl (C=O) groups excluding carboxylic acids is 2. The lowest BCUT2D eigenvalue weighted by Crippen LogP contribution is -2.52. The largest absolute Gasteiger partial charge is 0.450 e. The van der Waals surface area contributed by atoms with Crippen molar-refractivity contribution < 1.29 is 14.3 Å². The standard InChI is InChI=1S/C20H27ClN2O3/c1-2-26-20(25)23-13-11-22(12-14-23)19(24)18(15-5-3-4-6-15)16-7-9-17(21)10-8-16/h7-10,15,18H,2-6,11-14H2,1H3. The molecule has 0 radical (unpaired) electrons. The van der Waals surface area contributed by atoms with Crippen molar-refractivity contribution in [1.82, 2.24) is 9.80 Å². The number of amides is 2. The SMILES string of the molecule is CCOC(=O)N1CCN(C(=O)C(c2ccc(Cl)cc2)C2CCCC2)CC1. The number of rotatable bonds is 4. The van der Waals surface area contributed by atoms with Crippen LogP contribution < -0.4 is 0 Å². The zero-order valence-electron chi connectivity index (χ0n) is 15.3. The van der Waals surface area contributed by atoms with Crippen LogP contribution in [0.1, 0.15) is 44.1 Å². The lowest BCUT2D eigenvalue weighted by molar-refractivity contribution is -0.135. The highest BCUT2D eigenvalue weighted by Crippen LogP contribution is 2.39. The van der Waals surface area contributed by atoms with E-state index < -0.39 is 0 Å². The molecule has 1 saturated heterocycles. The summed E-state index contributed by atoms with van der Waals surface area (Å²) in [6.07, 6.45) is 4.30. The van der Waals surface area contributed by atoms with Gasteiger partial charge < -0.3 is 14.5 Å². The van der Waals surface area contributed by atoms with Crippen LogP contribution in [0.15, 0.2) is 24.3 Å². The van der Waals surface area contributed by atoms with Crippen LogP contribution >= 0.6 is 11.6 Å². The quantitative estimate of drug-likeness (QED) is 0.798. The van der Waals surface area contributed by atoms with Crippen molar-refractivity contribution in [3.8, 4) is 0 Å². The molecule has 142 valence electrons. The molecule has 1 unspecified atom stereocenters. The molecule has 1 atom stereocenters. The minimum Gasteiger partial charge on any atom is -0.450 e. The van der Waals surface area contributed by atoms with Crippen molar-refractivity contribution in [2.45, 2.75) is 38.5 Å². The molecule has 0 aromatic heterocycles. The Morgan fingerprint density at radius 2 is 1.65 bits per heavy atom. The van der Waals surface area contributed by atoms with Crippen LogP contribution in [0.3, 0.4) is 0 Å². The van der Waals surface area contributed by atoms with Crippen molar-refractivity contribution in [3.05, 3.63) is 34.9 Å². The highest BCUT2D eigenvalue weighted by atomic mass is 35.5. The maximum Gasteiger partial charge on any atom is 0.409 e. The molecule has 0 bridgehead atoms. The molecule has 5 nitrogen and oxygen atoms in total. The number of carbonyl (C=O) groups is 2. The Hall–Kier alpha value is -1.75. The fourth-order valence-corrected chi connectivity index (χ4v) is 4.22. The van der Waals surface area contributed by atoms with Gasteiger partial charge in [0.25, 0.3) is 0 Å². The number of piperazine rings is 1. The molecule has 1 aliphatic carbocycles. The van der Waals surface area contributed by atoms with Crippen molar-refractivity contribution in [2.75, 3.05) is 32.8 Å². The number of ether oxygens (including phenoxy) is 1. The van der Waals surface area contributed by atoms with Gasteiger partial charge in [0.05, 0.1) is 12.5 Å². The first-order valence-electron chi connectivity index (χ1n) is 9.56. The zero-order chi connectivity index (χ0) is 18.5. The Morgan fingerprint density at radius 1 is 1.08 bits per heavy atom. The first kappa shape index (κ1) is 19.0. The maximum absolute atomic E-state index is 13.3.